The van der Waals surface area contributed by atoms with Gasteiger partial charge >= 0.3 is 0 Å². The maximum atomic E-state index is 12.5. The maximum Gasteiger partial charge on any atom is 0.265 e. The molecular formula is C15H13Br2ClN2O2S. The van der Waals surface area contributed by atoms with E-state index in [0.29, 0.717) is 28.8 Å². The van der Waals surface area contributed by atoms with Gasteiger partial charge in [0.2, 0.25) is 0 Å². The Labute approximate surface area is 160 Å². The first-order valence-electron chi connectivity index (χ1n) is 6.93. The third kappa shape index (κ3) is 4.09. The van der Waals surface area contributed by atoms with E-state index in [1.807, 2.05) is 12.1 Å². The third-order valence-electron chi connectivity index (χ3n) is 3.43. The summed E-state index contributed by atoms with van der Waals surface area (Å²) in [4.78, 5) is 15.3. The Morgan fingerprint density at radius 2 is 2.00 bits per heavy atom. The highest BCUT2D eigenvalue weighted by molar-refractivity contribution is 9.13. The lowest BCUT2D eigenvalue weighted by Gasteiger charge is -2.30. The van der Waals surface area contributed by atoms with Crippen LogP contribution >= 0.6 is 54.8 Å². The number of ether oxygens (including phenoxy) is 1. The normalized spacial score (nSPS) is 14.8. The summed E-state index contributed by atoms with van der Waals surface area (Å²) >= 11 is 14.3. The van der Waals surface area contributed by atoms with Crippen molar-refractivity contribution in [3.63, 3.8) is 0 Å². The average Bonchev–Trinajstić information content (AvgIpc) is 2.88. The van der Waals surface area contributed by atoms with Gasteiger partial charge in [-0.05, 0) is 56.1 Å². The van der Waals surface area contributed by atoms with Crippen molar-refractivity contribution in [2.75, 3.05) is 36.5 Å². The lowest BCUT2D eigenvalue weighted by Crippen LogP contribution is -2.36. The monoisotopic (exact) mass is 478 g/mol. The molecule has 0 aliphatic carbocycles. The van der Waals surface area contributed by atoms with Crippen molar-refractivity contribution in [1.29, 1.82) is 0 Å². The number of benzene rings is 1. The van der Waals surface area contributed by atoms with Crippen LogP contribution in [0.1, 0.15) is 9.67 Å². The summed E-state index contributed by atoms with van der Waals surface area (Å²) in [6, 6.07) is 7.34. The molecule has 1 N–H and O–H groups in total. The zero-order chi connectivity index (χ0) is 16.4. The number of nitrogens with one attached hydrogen (secondary N) is 1. The Kier molecular flexibility index (Phi) is 5.64. The van der Waals surface area contributed by atoms with E-state index in [-0.39, 0.29) is 5.91 Å². The topological polar surface area (TPSA) is 41.6 Å². The number of hydrogen-bond donors (Lipinski definition) is 1. The molecule has 2 heterocycles. The molecule has 23 heavy (non-hydrogen) atoms. The number of carbonyl (C=O) groups excluding carboxylic acids is 1. The molecule has 1 aliphatic heterocycles. The second kappa shape index (κ2) is 7.53. The SMILES string of the molecule is O=C(Nc1cc(Cl)ccc1N1CCOCC1)c1cc(Br)c(Br)s1. The molecule has 0 spiro atoms. The van der Waals surface area contributed by atoms with Crippen molar-refractivity contribution in [3.05, 3.63) is 42.4 Å². The van der Waals surface area contributed by atoms with Gasteiger partial charge in [-0.2, -0.15) is 0 Å². The van der Waals surface area contributed by atoms with Gasteiger partial charge in [0, 0.05) is 22.6 Å². The van der Waals surface area contributed by atoms with Crippen LogP contribution in [0.25, 0.3) is 0 Å². The van der Waals surface area contributed by atoms with Gasteiger partial charge in [0.1, 0.15) is 0 Å². The summed E-state index contributed by atoms with van der Waals surface area (Å²) in [6.07, 6.45) is 0. The smallest absolute Gasteiger partial charge is 0.265 e. The van der Waals surface area contributed by atoms with Gasteiger partial charge < -0.3 is 15.0 Å². The molecule has 0 unspecified atom stereocenters. The van der Waals surface area contributed by atoms with Crippen molar-refractivity contribution < 1.29 is 9.53 Å². The number of amides is 1. The Morgan fingerprint density at radius 1 is 1.26 bits per heavy atom. The molecule has 3 rings (SSSR count). The number of anilines is 2. The molecule has 0 radical (unpaired) electrons. The molecule has 0 bridgehead atoms. The molecule has 1 fully saturated rings. The molecule has 1 aromatic carbocycles. The standard InChI is InChI=1S/C15H13Br2ClN2O2S/c16-10-8-13(23-14(10)17)15(21)19-11-7-9(18)1-2-12(11)20-3-5-22-6-4-20/h1-2,7-8H,3-6H2,(H,19,21). The lowest BCUT2D eigenvalue weighted by molar-refractivity contribution is 0.103. The van der Waals surface area contributed by atoms with Crippen molar-refractivity contribution in [2.24, 2.45) is 0 Å². The predicted molar refractivity (Wildman–Crippen MR) is 102 cm³/mol. The van der Waals surface area contributed by atoms with Gasteiger partial charge in [-0.3, -0.25) is 4.79 Å². The first-order valence-corrected chi connectivity index (χ1v) is 9.71. The van der Waals surface area contributed by atoms with Crippen molar-refractivity contribution >= 4 is 72.1 Å². The van der Waals surface area contributed by atoms with E-state index < -0.39 is 0 Å². The van der Waals surface area contributed by atoms with Crippen LogP contribution in [0, 0.1) is 0 Å². The Bertz CT molecular complexity index is 713. The minimum absolute atomic E-state index is 0.154. The van der Waals surface area contributed by atoms with Crippen LogP contribution in [0.5, 0.6) is 0 Å². The fourth-order valence-corrected chi connectivity index (χ4v) is 4.43. The van der Waals surface area contributed by atoms with Crippen LogP contribution in [0.15, 0.2) is 32.5 Å². The molecule has 0 saturated carbocycles. The van der Waals surface area contributed by atoms with Gasteiger partial charge in [-0.25, -0.2) is 0 Å². The lowest BCUT2D eigenvalue weighted by atomic mass is 10.2. The molecule has 1 aliphatic rings. The van der Waals surface area contributed by atoms with Crippen LogP contribution in [0.2, 0.25) is 5.02 Å². The summed E-state index contributed by atoms with van der Waals surface area (Å²) in [7, 11) is 0. The highest BCUT2D eigenvalue weighted by atomic mass is 79.9. The van der Waals surface area contributed by atoms with Crippen LogP contribution < -0.4 is 10.2 Å². The van der Waals surface area contributed by atoms with Crippen molar-refractivity contribution in [2.45, 2.75) is 0 Å². The highest BCUT2D eigenvalue weighted by Gasteiger charge is 2.18. The summed E-state index contributed by atoms with van der Waals surface area (Å²) in [5.74, 6) is -0.154. The van der Waals surface area contributed by atoms with E-state index in [4.69, 9.17) is 16.3 Å². The number of halogens is 3. The molecule has 4 nitrogen and oxygen atoms in total. The molecule has 1 aromatic heterocycles. The molecule has 1 saturated heterocycles. The summed E-state index contributed by atoms with van der Waals surface area (Å²) < 4.78 is 7.15. The molecule has 1 amide bonds. The van der Waals surface area contributed by atoms with Crippen molar-refractivity contribution in [1.82, 2.24) is 0 Å². The third-order valence-corrected chi connectivity index (χ3v) is 6.92. The number of rotatable bonds is 3. The van der Waals surface area contributed by atoms with E-state index >= 15 is 0 Å². The van der Waals surface area contributed by atoms with E-state index in [1.165, 1.54) is 11.3 Å². The van der Waals surface area contributed by atoms with E-state index in [0.717, 1.165) is 27.0 Å². The maximum absolute atomic E-state index is 12.5. The number of morpholine rings is 1. The van der Waals surface area contributed by atoms with Crippen LogP contribution in [-0.4, -0.2) is 32.2 Å². The van der Waals surface area contributed by atoms with Crippen molar-refractivity contribution in [3.8, 4) is 0 Å². The molecule has 8 heteroatoms. The number of carbonyl (C=O) groups is 1. The zero-order valence-corrected chi connectivity index (χ0v) is 16.7. The Balaban J connectivity index is 1.86. The minimum Gasteiger partial charge on any atom is -0.378 e. The highest BCUT2D eigenvalue weighted by Crippen LogP contribution is 2.34. The van der Waals surface area contributed by atoms with Crippen LogP contribution in [0.4, 0.5) is 11.4 Å². The average molecular weight is 481 g/mol. The van der Waals surface area contributed by atoms with Gasteiger partial charge in [-0.1, -0.05) is 11.6 Å². The van der Waals surface area contributed by atoms with Crippen LogP contribution in [0.3, 0.4) is 0 Å². The summed E-state index contributed by atoms with van der Waals surface area (Å²) in [5.41, 5.74) is 1.67. The Hall–Kier alpha value is -0.600. The second-order valence-corrected chi connectivity index (χ2v) is 8.61. The first-order chi connectivity index (χ1) is 11.0. The van der Waals surface area contributed by atoms with Gasteiger partial charge in [0.15, 0.2) is 0 Å². The molecular weight excluding hydrogens is 468 g/mol. The number of hydrogen-bond acceptors (Lipinski definition) is 4. The zero-order valence-electron chi connectivity index (χ0n) is 11.9. The van der Waals surface area contributed by atoms with Crippen LogP contribution in [-0.2, 0) is 4.74 Å². The fourth-order valence-electron chi connectivity index (χ4n) is 2.33. The van der Waals surface area contributed by atoms with Gasteiger partial charge in [-0.15, -0.1) is 11.3 Å². The van der Waals surface area contributed by atoms with E-state index in [2.05, 4.69) is 42.1 Å². The largest absolute Gasteiger partial charge is 0.378 e. The second-order valence-electron chi connectivity index (χ2n) is 4.95. The number of thiophene rings is 1. The molecule has 0 atom stereocenters. The van der Waals surface area contributed by atoms with Gasteiger partial charge in [0.05, 0.1) is 33.3 Å². The quantitative estimate of drug-likeness (QED) is 0.671. The van der Waals surface area contributed by atoms with Gasteiger partial charge in [0.25, 0.3) is 5.91 Å². The Morgan fingerprint density at radius 3 is 2.65 bits per heavy atom. The number of nitrogens with zero attached hydrogens (tertiary/aromatic N) is 1. The first kappa shape index (κ1) is 17.2. The predicted octanol–water partition coefficient (Wildman–Crippen LogP) is 5.02. The van der Waals surface area contributed by atoms with E-state index in [1.54, 1.807) is 12.1 Å². The van der Waals surface area contributed by atoms with E-state index in [9.17, 15) is 4.79 Å². The fraction of sp³-hybridized carbons (Fsp3) is 0.267. The summed E-state index contributed by atoms with van der Waals surface area (Å²) in [6.45, 7) is 2.95. The molecule has 2 aromatic rings. The molecule has 122 valence electrons. The minimum atomic E-state index is -0.154. The summed E-state index contributed by atoms with van der Waals surface area (Å²) in [5, 5.41) is 3.56.